The Labute approximate surface area is 258 Å². The average Bonchev–Trinajstić information content (AvgIpc) is 3.53. The van der Waals surface area contributed by atoms with Crippen molar-refractivity contribution in [3.05, 3.63) is 34.6 Å². The van der Waals surface area contributed by atoms with Crippen molar-refractivity contribution in [3.8, 4) is 12.1 Å². The van der Waals surface area contributed by atoms with Gasteiger partial charge in [-0.3, -0.25) is 9.69 Å². The first-order chi connectivity index (χ1) is 20.9. The number of nitrogens with one attached hydrogen (secondary N) is 3. The van der Waals surface area contributed by atoms with Crippen LogP contribution in [-0.4, -0.2) is 105 Å². The Morgan fingerprint density at radius 3 is 2.58 bits per heavy atom. The summed E-state index contributed by atoms with van der Waals surface area (Å²) in [6, 6.07) is 8.31. The van der Waals surface area contributed by atoms with Crippen LogP contribution >= 0.6 is 23.2 Å². The van der Waals surface area contributed by atoms with Crippen LogP contribution in [-0.2, 0) is 4.79 Å². The van der Waals surface area contributed by atoms with Gasteiger partial charge in [0.1, 0.15) is 6.07 Å². The van der Waals surface area contributed by atoms with Crippen LogP contribution in [0, 0.1) is 22.7 Å². The van der Waals surface area contributed by atoms with Crippen molar-refractivity contribution in [1.29, 1.82) is 10.5 Å². The van der Waals surface area contributed by atoms with E-state index in [0.717, 1.165) is 57.8 Å². The summed E-state index contributed by atoms with van der Waals surface area (Å²) >= 11 is 13.1. The lowest BCUT2D eigenvalue weighted by Gasteiger charge is -2.49. The molecular weight excluding hydrogens is 591 g/mol. The number of alkyl halides is 1. The molecule has 1 saturated carbocycles. The standard InChI is InChI=1S/C28H30Cl2N12O/c29-17-9-22(33-12-17)27(43)41-14-20(15-41)39-3-5-40(6-4-39)23-8-16(10-31)7-21(24(23)30)36-28-37-25(35-18-1-2-18)26-34-13-19(11-32)42(26)38-28/h7-8,13,17-18,20,22,33H,1-6,9,12,14-15H2,(H2,35,36,37,38)/t17-,22+/m1/s1. The van der Waals surface area contributed by atoms with Gasteiger partial charge in [-0.05, 0) is 31.4 Å². The number of piperazine rings is 1. The van der Waals surface area contributed by atoms with Crippen LogP contribution in [0.5, 0.6) is 0 Å². The van der Waals surface area contributed by atoms with Crippen LogP contribution in [0.3, 0.4) is 0 Å². The third kappa shape index (κ3) is 5.50. The number of carbonyl (C=O) groups excluding carboxylic acids is 1. The lowest BCUT2D eigenvalue weighted by atomic mass is 10.0. The number of likely N-dealkylation sites (tertiary alicyclic amines) is 1. The molecule has 0 unspecified atom stereocenters. The maximum Gasteiger partial charge on any atom is 0.247 e. The Hall–Kier alpha value is -3.88. The number of nitrogens with zero attached hydrogens (tertiary/aromatic N) is 9. The number of hydrogen-bond acceptors (Lipinski definition) is 11. The SMILES string of the molecule is N#Cc1cc(Nc2nc(NC3CC3)c3ncc(C#N)n3n2)c(Cl)c(N2CCN(C3CN(C(=O)[C@@H]4C[C@@H](Cl)CN4)C3)CC2)c1. The first-order valence-corrected chi connectivity index (χ1v) is 15.3. The summed E-state index contributed by atoms with van der Waals surface area (Å²) in [6.07, 6.45) is 4.24. The number of amides is 1. The molecule has 2 atom stereocenters. The lowest BCUT2D eigenvalue weighted by Crippen LogP contribution is -2.66. The largest absolute Gasteiger partial charge is 0.368 e. The van der Waals surface area contributed by atoms with Crippen molar-refractivity contribution in [2.45, 2.75) is 42.8 Å². The molecule has 1 aromatic carbocycles. The highest BCUT2D eigenvalue weighted by atomic mass is 35.5. The van der Waals surface area contributed by atoms with E-state index in [2.05, 4.69) is 53.0 Å². The summed E-state index contributed by atoms with van der Waals surface area (Å²) in [5.74, 6) is 0.911. The summed E-state index contributed by atoms with van der Waals surface area (Å²) in [5.41, 5.74) is 2.47. The number of benzene rings is 1. The van der Waals surface area contributed by atoms with Crippen molar-refractivity contribution in [2.24, 2.45) is 0 Å². The first kappa shape index (κ1) is 27.9. The van der Waals surface area contributed by atoms with Gasteiger partial charge in [0.15, 0.2) is 17.2 Å². The second-order valence-corrected chi connectivity index (χ2v) is 12.5. The third-order valence-corrected chi connectivity index (χ3v) is 9.27. The molecule has 4 fully saturated rings. The minimum absolute atomic E-state index is 0.0207. The van der Waals surface area contributed by atoms with Gasteiger partial charge in [-0.2, -0.15) is 20.0 Å². The number of halogens is 2. The molecule has 43 heavy (non-hydrogen) atoms. The Bertz CT molecular complexity index is 1650. The Morgan fingerprint density at radius 2 is 1.91 bits per heavy atom. The van der Waals surface area contributed by atoms with Crippen molar-refractivity contribution < 1.29 is 4.79 Å². The van der Waals surface area contributed by atoms with E-state index >= 15 is 0 Å². The molecule has 222 valence electrons. The van der Waals surface area contributed by atoms with Crippen molar-refractivity contribution in [3.63, 3.8) is 0 Å². The van der Waals surface area contributed by atoms with Crippen LogP contribution < -0.4 is 20.9 Å². The summed E-state index contributed by atoms with van der Waals surface area (Å²) in [5, 5.41) is 34.1. The van der Waals surface area contributed by atoms with Gasteiger partial charge in [-0.15, -0.1) is 16.7 Å². The fourth-order valence-electron chi connectivity index (χ4n) is 5.94. The van der Waals surface area contributed by atoms with Gasteiger partial charge in [-0.1, -0.05) is 11.6 Å². The second-order valence-electron chi connectivity index (χ2n) is 11.5. The van der Waals surface area contributed by atoms with Gasteiger partial charge in [0, 0.05) is 63.3 Å². The summed E-state index contributed by atoms with van der Waals surface area (Å²) in [4.78, 5) is 28.2. The number of imidazole rings is 1. The first-order valence-electron chi connectivity index (χ1n) is 14.5. The van der Waals surface area contributed by atoms with Gasteiger partial charge < -0.3 is 25.8 Å². The molecule has 3 N–H and O–H groups in total. The second kappa shape index (κ2) is 11.3. The maximum absolute atomic E-state index is 12.8. The predicted octanol–water partition coefficient (Wildman–Crippen LogP) is 2.14. The smallest absolute Gasteiger partial charge is 0.247 e. The van der Waals surface area contributed by atoms with E-state index in [1.54, 1.807) is 12.1 Å². The topological polar surface area (TPSA) is 154 Å². The molecule has 4 aliphatic rings. The summed E-state index contributed by atoms with van der Waals surface area (Å²) in [6.45, 7) is 5.25. The molecule has 5 heterocycles. The highest BCUT2D eigenvalue weighted by Gasteiger charge is 2.40. The van der Waals surface area contributed by atoms with Gasteiger partial charge in [0.05, 0.1) is 40.3 Å². The molecule has 1 aliphatic carbocycles. The molecule has 3 saturated heterocycles. The van der Waals surface area contributed by atoms with E-state index < -0.39 is 0 Å². The summed E-state index contributed by atoms with van der Waals surface area (Å²) < 4.78 is 1.45. The van der Waals surface area contributed by atoms with Crippen molar-refractivity contribution in [1.82, 2.24) is 34.7 Å². The minimum Gasteiger partial charge on any atom is -0.368 e. The summed E-state index contributed by atoms with van der Waals surface area (Å²) in [7, 11) is 0. The lowest BCUT2D eigenvalue weighted by molar-refractivity contribution is -0.140. The predicted molar refractivity (Wildman–Crippen MR) is 162 cm³/mol. The molecule has 1 amide bonds. The zero-order valence-electron chi connectivity index (χ0n) is 23.3. The van der Waals surface area contributed by atoms with Crippen LogP contribution in [0.2, 0.25) is 5.02 Å². The number of rotatable bonds is 7. The Morgan fingerprint density at radius 1 is 1.12 bits per heavy atom. The highest BCUT2D eigenvalue weighted by molar-refractivity contribution is 6.36. The molecule has 13 nitrogen and oxygen atoms in total. The van der Waals surface area contributed by atoms with Crippen LogP contribution in [0.25, 0.3) is 5.65 Å². The van der Waals surface area contributed by atoms with Gasteiger partial charge in [0.25, 0.3) is 0 Å². The molecule has 15 heteroatoms. The number of carbonyl (C=O) groups is 1. The monoisotopic (exact) mass is 620 g/mol. The fraction of sp³-hybridized carbons (Fsp3) is 0.500. The molecule has 2 aromatic heterocycles. The minimum atomic E-state index is -0.167. The number of nitriles is 2. The van der Waals surface area contributed by atoms with E-state index in [1.807, 2.05) is 4.90 Å². The van der Waals surface area contributed by atoms with E-state index in [9.17, 15) is 15.3 Å². The highest BCUT2D eigenvalue weighted by Crippen LogP contribution is 2.37. The number of hydrogen-bond donors (Lipinski definition) is 3. The Balaban J connectivity index is 1.05. The van der Waals surface area contributed by atoms with E-state index in [-0.39, 0.29) is 29.0 Å². The Kier molecular flexibility index (Phi) is 7.35. The van der Waals surface area contributed by atoms with Gasteiger partial charge in [-0.25, -0.2) is 4.98 Å². The molecule has 3 aromatic rings. The van der Waals surface area contributed by atoms with E-state index in [1.165, 1.54) is 10.7 Å². The van der Waals surface area contributed by atoms with E-state index in [0.29, 0.717) is 52.8 Å². The van der Waals surface area contributed by atoms with Crippen molar-refractivity contribution in [2.75, 3.05) is 61.3 Å². The van der Waals surface area contributed by atoms with Crippen LogP contribution in [0.15, 0.2) is 18.3 Å². The number of anilines is 4. The number of aromatic nitrogens is 4. The van der Waals surface area contributed by atoms with Crippen molar-refractivity contribution >= 4 is 57.9 Å². The van der Waals surface area contributed by atoms with E-state index in [4.69, 9.17) is 23.2 Å². The quantitative estimate of drug-likeness (QED) is 0.333. The normalized spacial score (nSPS) is 22.7. The molecule has 3 aliphatic heterocycles. The molecule has 0 radical (unpaired) electrons. The van der Waals surface area contributed by atoms with Gasteiger partial charge >= 0.3 is 0 Å². The molecular formula is C28H30Cl2N12O. The fourth-order valence-corrected chi connectivity index (χ4v) is 6.48. The molecule has 0 spiro atoms. The maximum atomic E-state index is 12.8. The molecule has 0 bridgehead atoms. The third-order valence-electron chi connectivity index (χ3n) is 8.54. The zero-order valence-corrected chi connectivity index (χ0v) is 24.8. The van der Waals surface area contributed by atoms with Crippen LogP contribution in [0.4, 0.5) is 23.1 Å². The zero-order chi connectivity index (χ0) is 29.7. The van der Waals surface area contributed by atoms with Gasteiger partial charge in [0.2, 0.25) is 11.9 Å². The van der Waals surface area contributed by atoms with Crippen LogP contribution in [0.1, 0.15) is 30.5 Å². The number of fused-ring (bicyclic) bond motifs is 1. The molecule has 7 rings (SSSR count). The average molecular weight is 622 g/mol.